The molecule has 1 fully saturated rings. The number of pyridine rings is 1. The van der Waals surface area contributed by atoms with Crippen molar-refractivity contribution < 1.29 is 19.2 Å². The van der Waals surface area contributed by atoms with Crippen LogP contribution in [-0.4, -0.2) is 74.9 Å². The van der Waals surface area contributed by atoms with Crippen LogP contribution in [0.3, 0.4) is 0 Å². The molecule has 1 saturated heterocycles. The van der Waals surface area contributed by atoms with E-state index in [1.54, 1.807) is 49.6 Å². The van der Waals surface area contributed by atoms with E-state index in [-0.39, 0.29) is 23.3 Å². The molecule has 248 valence electrons. The summed E-state index contributed by atoms with van der Waals surface area (Å²) in [6, 6.07) is 23.2. The number of rotatable bonds is 9. The van der Waals surface area contributed by atoms with Crippen molar-refractivity contribution in [3.8, 4) is 17.0 Å². The van der Waals surface area contributed by atoms with Crippen molar-refractivity contribution in [2.24, 2.45) is 0 Å². The van der Waals surface area contributed by atoms with Crippen LogP contribution in [0.1, 0.15) is 21.5 Å². The first kappa shape index (κ1) is 32.9. The van der Waals surface area contributed by atoms with Gasteiger partial charge in [-0.15, -0.1) is 0 Å². The average Bonchev–Trinajstić information content (AvgIpc) is 3.12. The molecule has 3 aromatic carbocycles. The molecule has 13 nitrogen and oxygen atoms in total. The minimum atomic E-state index is -0.861. The van der Waals surface area contributed by atoms with E-state index >= 15 is 0 Å². The maximum atomic E-state index is 13.9. The summed E-state index contributed by atoms with van der Waals surface area (Å²) in [6.07, 6.45) is 3.95. The standard InChI is InChI=1S/C36H34N8O5/c1-25-5-10-29(39-34(45)27-8-6-26(7-9-27)24-42-20-18-41(2)19-21-42)22-33(25)43(36(46)49-31-13-11-30(12-14-31)44(47)48)35-38-17-15-32(40-35)28-4-3-16-37-23-28/h3-17,22-23H,18-21,24H2,1-2H3,(H,39,45). The van der Waals surface area contributed by atoms with Crippen molar-refractivity contribution in [3.05, 3.63) is 130 Å². The van der Waals surface area contributed by atoms with E-state index in [4.69, 9.17) is 4.74 Å². The second-order valence-electron chi connectivity index (χ2n) is 11.7. The first-order chi connectivity index (χ1) is 23.7. The summed E-state index contributed by atoms with van der Waals surface area (Å²) in [5, 5.41) is 14.1. The molecule has 1 aliphatic heterocycles. The van der Waals surface area contributed by atoms with Crippen LogP contribution in [0.15, 0.2) is 104 Å². The number of carbonyl (C=O) groups excluding carboxylic acids is 2. The SMILES string of the molecule is Cc1ccc(NC(=O)c2ccc(CN3CCN(C)CC3)cc2)cc1N(C(=O)Oc1ccc([N+](=O)[O-])cc1)c1nccc(-c2cccnc2)n1. The van der Waals surface area contributed by atoms with Crippen molar-refractivity contribution in [2.75, 3.05) is 43.4 Å². The Kier molecular flexibility index (Phi) is 9.93. The molecule has 0 aliphatic carbocycles. The van der Waals surface area contributed by atoms with E-state index in [1.807, 2.05) is 30.3 Å². The van der Waals surface area contributed by atoms with Crippen LogP contribution < -0.4 is 15.0 Å². The second-order valence-corrected chi connectivity index (χ2v) is 11.7. The van der Waals surface area contributed by atoms with Gasteiger partial charge < -0.3 is 15.0 Å². The highest BCUT2D eigenvalue weighted by molar-refractivity contribution is 6.05. The van der Waals surface area contributed by atoms with Crippen LogP contribution in [0.4, 0.5) is 27.8 Å². The third-order valence-electron chi connectivity index (χ3n) is 8.16. The Morgan fingerprint density at radius 1 is 0.959 bits per heavy atom. The number of aryl methyl sites for hydroxylation is 1. The first-order valence-corrected chi connectivity index (χ1v) is 15.7. The Bertz CT molecular complexity index is 1950. The number of ether oxygens (including phenoxy) is 1. The average molecular weight is 659 g/mol. The Labute approximate surface area is 283 Å². The highest BCUT2D eigenvalue weighted by Gasteiger charge is 2.26. The second kappa shape index (κ2) is 14.8. The fraction of sp³-hybridized carbons (Fsp3) is 0.194. The van der Waals surface area contributed by atoms with Gasteiger partial charge in [0, 0.05) is 80.3 Å². The van der Waals surface area contributed by atoms with Crippen LogP contribution in [0.25, 0.3) is 11.3 Å². The molecule has 5 aromatic rings. The van der Waals surface area contributed by atoms with Crippen molar-refractivity contribution in [3.63, 3.8) is 0 Å². The number of nitro benzene ring substituents is 1. The summed E-state index contributed by atoms with van der Waals surface area (Å²) >= 11 is 0. The summed E-state index contributed by atoms with van der Waals surface area (Å²) < 4.78 is 5.66. The van der Waals surface area contributed by atoms with E-state index in [9.17, 15) is 19.7 Å². The molecule has 49 heavy (non-hydrogen) atoms. The predicted molar refractivity (Wildman–Crippen MR) is 185 cm³/mol. The third-order valence-corrected chi connectivity index (χ3v) is 8.16. The minimum absolute atomic E-state index is 0.00998. The highest BCUT2D eigenvalue weighted by atomic mass is 16.6. The normalized spacial score (nSPS) is 13.4. The number of nitrogens with one attached hydrogen (secondary N) is 1. The quantitative estimate of drug-likeness (QED) is 0.146. The van der Waals surface area contributed by atoms with Gasteiger partial charge in [0.2, 0.25) is 5.95 Å². The summed E-state index contributed by atoms with van der Waals surface area (Å²) in [5.41, 5.74) is 4.17. The van der Waals surface area contributed by atoms with Crippen LogP contribution >= 0.6 is 0 Å². The summed E-state index contributed by atoms with van der Waals surface area (Å²) in [4.78, 5) is 56.9. The van der Waals surface area contributed by atoms with Crippen LogP contribution in [-0.2, 0) is 6.54 Å². The Balaban J connectivity index is 1.26. The summed E-state index contributed by atoms with van der Waals surface area (Å²) in [7, 11) is 2.13. The van der Waals surface area contributed by atoms with Gasteiger partial charge in [-0.1, -0.05) is 18.2 Å². The molecular weight excluding hydrogens is 624 g/mol. The number of likely N-dealkylation sites (N-methyl/N-ethyl adjacent to an activating group) is 1. The van der Waals surface area contributed by atoms with Crippen molar-refractivity contribution in [1.82, 2.24) is 24.8 Å². The number of nitro groups is 1. The topological polar surface area (TPSA) is 147 Å². The first-order valence-electron chi connectivity index (χ1n) is 15.7. The van der Waals surface area contributed by atoms with E-state index < -0.39 is 11.0 Å². The van der Waals surface area contributed by atoms with Gasteiger partial charge in [0.05, 0.1) is 16.3 Å². The number of hydrogen-bond acceptors (Lipinski definition) is 10. The van der Waals surface area contributed by atoms with Gasteiger partial charge in [-0.3, -0.25) is 24.8 Å². The van der Waals surface area contributed by atoms with E-state index in [0.717, 1.165) is 38.3 Å². The minimum Gasteiger partial charge on any atom is -0.410 e. The van der Waals surface area contributed by atoms with Gasteiger partial charge in [-0.2, -0.15) is 0 Å². The van der Waals surface area contributed by atoms with Gasteiger partial charge in [0.1, 0.15) is 5.75 Å². The fourth-order valence-electron chi connectivity index (χ4n) is 5.36. The number of anilines is 3. The zero-order valence-corrected chi connectivity index (χ0v) is 27.0. The number of hydrogen-bond donors (Lipinski definition) is 1. The lowest BCUT2D eigenvalue weighted by Gasteiger charge is -2.32. The molecule has 0 unspecified atom stereocenters. The van der Waals surface area contributed by atoms with Crippen LogP contribution in [0, 0.1) is 17.0 Å². The number of non-ortho nitro benzene ring substituents is 1. The van der Waals surface area contributed by atoms with Gasteiger partial charge in [0.25, 0.3) is 11.6 Å². The molecule has 6 rings (SSSR count). The van der Waals surface area contributed by atoms with Gasteiger partial charge >= 0.3 is 6.09 Å². The molecular formula is C36H34N8O5. The predicted octanol–water partition coefficient (Wildman–Crippen LogP) is 6.09. The summed E-state index contributed by atoms with van der Waals surface area (Å²) in [6.45, 7) is 6.71. The lowest BCUT2D eigenvalue weighted by molar-refractivity contribution is -0.384. The highest BCUT2D eigenvalue weighted by Crippen LogP contribution is 2.32. The zero-order valence-electron chi connectivity index (χ0n) is 27.0. The van der Waals surface area contributed by atoms with Crippen molar-refractivity contribution in [1.29, 1.82) is 0 Å². The van der Waals surface area contributed by atoms with Crippen LogP contribution in [0.5, 0.6) is 5.75 Å². The number of nitrogens with zero attached hydrogens (tertiary/aromatic N) is 7. The number of amides is 2. The van der Waals surface area contributed by atoms with E-state index in [1.165, 1.54) is 35.4 Å². The van der Waals surface area contributed by atoms with Crippen LogP contribution in [0.2, 0.25) is 0 Å². The van der Waals surface area contributed by atoms with E-state index in [0.29, 0.717) is 33.8 Å². The lowest BCUT2D eigenvalue weighted by Crippen LogP contribution is -2.43. The number of carbonyl (C=O) groups is 2. The lowest BCUT2D eigenvalue weighted by atomic mass is 10.1. The number of benzene rings is 3. The maximum Gasteiger partial charge on any atom is 0.426 e. The molecule has 2 aromatic heterocycles. The number of aromatic nitrogens is 3. The van der Waals surface area contributed by atoms with Gasteiger partial charge in [-0.25, -0.2) is 19.7 Å². The molecule has 0 radical (unpaired) electrons. The third kappa shape index (κ3) is 8.09. The summed E-state index contributed by atoms with van der Waals surface area (Å²) in [5.74, 6) is -0.214. The smallest absolute Gasteiger partial charge is 0.410 e. The number of piperazine rings is 1. The largest absolute Gasteiger partial charge is 0.426 e. The molecule has 13 heteroatoms. The molecule has 3 heterocycles. The molecule has 0 spiro atoms. The molecule has 0 atom stereocenters. The van der Waals surface area contributed by atoms with E-state index in [2.05, 4.69) is 37.1 Å². The van der Waals surface area contributed by atoms with Gasteiger partial charge in [0.15, 0.2) is 0 Å². The Hall–Kier alpha value is -6.05. The maximum absolute atomic E-state index is 13.9. The monoisotopic (exact) mass is 658 g/mol. The van der Waals surface area contributed by atoms with Gasteiger partial charge in [-0.05, 0) is 79.7 Å². The Morgan fingerprint density at radius 3 is 2.41 bits per heavy atom. The molecule has 2 amide bonds. The van der Waals surface area contributed by atoms with Crippen molar-refractivity contribution in [2.45, 2.75) is 13.5 Å². The Morgan fingerprint density at radius 2 is 1.71 bits per heavy atom. The fourth-order valence-corrected chi connectivity index (χ4v) is 5.36. The molecule has 0 bridgehead atoms. The molecule has 1 N–H and O–H groups in total. The van der Waals surface area contributed by atoms with Crippen molar-refractivity contribution >= 4 is 35.0 Å². The zero-order chi connectivity index (χ0) is 34.3. The molecule has 0 saturated carbocycles. The molecule has 1 aliphatic rings.